The predicted octanol–water partition coefficient (Wildman–Crippen LogP) is 8.71. The average molecular weight is 581 g/mol. The number of rotatable bonds is 10. The Balaban J connectivity index is 1.21. The van der Waals surface area contributed by atoms with E-state index in [1.54, 1.807) is 0 Å². The maximum atomic E-state index is 14.5. The molecule has 4 heteroatoms. The van der Waals surface area contributed by atoms with Gasteiger partial charge in [-0.1, -0.05) is 67.7 Å². The van der Waals surface area contributed by atoms with Gasteiger partial charge in [0.15, 0.2) is 0 Å². The molecule has 0 amide bonds. The molecule has 0 saturated heterocycles. The number of hydrogen-bond acceptors (Lipinski definition) is 4. The highest BCUT2D eigenvalue weighted by Gasteiger charge is 2.74. The van der Waals surface area contributed by atoms with Crippen LogP contribution < -0.4 is 0 Å². The van der Waals surface area contributed by atoms with Crippen LogP contribution in [0.2, 0.25) is 0 Å². The molecule has 236 valence electrons. The van der Waals surface area contributed by atoms with Crippen LogP contribution in [0.5, 0.6) is 0 Å². The Hall–Kier alpha value is -1.06. The Morgan fingerprint density at radius 1 is 0.667 bits per heavy atom. The Labute approximate surface area is 256 Å². The van der Waals surface area contributed by atoms with E-state index >= 15 is 0 Å². The maximum absolute atomic E-state index is 14.5. The molecule has 8 aliphatic carbocycles. The number of unbranched alkanes of at least 4 members (excludes halogenated alkanes) is 1. The Kier molecular flexibility index (Phi) is 7.22. The van der Waals surface area contributed by atoms with Crippen molar-refractivity contribution in [3.05, 3.63) is 0 Å². The zero-order chi connectivity index (χ0) is 29.8. The third-order valence-electron chi connectivity index (χ3n) is 15.3. The van der Waals surface area contributed by atoms with Crippen LogP contribution in [0.3, 0.4) is 0 Å². The molecule has 8 rings (SSSR count). The second kappa shape index (κ2) is 10.2. The molecule has 8 bridgehead atoms. The zero-order valence-corrected chi connectivity index (χ0v) is 27.8. The van der Waals surface area contributed by atoms with Gasteiger partial charge in [0.05, 0.1) is 18.4 Å². The molecule has 0 aromatic carbocycles. The predicted molar refractivity (Wildman–Crippen MR) is 165 cm³/mol. The summed E-state index contributed by atoms with van der Waals surface area (Å²) in [6.07, 6.45) is 13.9. The van der Waals surface area contributed by atoms with Gasteiger partial charge in [-0.15, -0.1) is 0 Å². The van der Waals surface area contributed by atoms with E-state index in [4.69, 9.17) is 9.47 Å². The van der Waals surface area contributed by atoms with E-state index in [0.29, 0.717) is 54.0 Å². The van der Waals surface area contributed by atoms with Crippen LogP contribution in [-0.2, 0) is 19.1 Å². The molecule has 0 aromatic heterocycles. The average Bonchev–Trinajstić information content (AvgIpc) is 3.69. The molecule has 0 radical (unpaired) electrons. The van der Waals surface area contributed by atoms with Crippen LogP contribution in [-0.4, -0.2) is 24.1 Å². The van der Waals surface area contributed by atoms with Crippen molar-refractivity contribution < 1.29 is 19.1 Å². The van der Waals surface area contributed by atoms with Crippen molar-refractivity contribution in [2.75, 3.05) is 6.61 Å². The molecule has 0 spiro atoms. The summed E-state index contributed by atoms with van der Waals surface area (Å²) in [7, 11) is 0. The van der Waals surface area contributed by atoms with Gasteiger partial charge in [0.25, 0.3) is 0 Å². The second-order valence-corrected chi connectivity index (χ2v) is 18.1. The van der Waals surface area contributed by atoms with E-state index in [0.717, 1.165) is 56.3 Å². The largest absolute Gasteiger partial charge is 0.465 e. The van der Waals surface area contributed by atoms with Crippen LogP contribution in [0.15, 0.2) is 0 Å². The lowest BCUT2D eigenvalue weighted by atomic mass is 9.49. The summed E-state index contributed by atoms with van der Waals surface area (Å²) < 4.78 is 12.8. The number of fused-ring (bicyclic) bond motifs is 9. The van der Waals surface area contributed by atoms with Crippen LogP contribution in [0.1, 0.15) is 126 Å². The van der Waals surface area contributed by atoms with Gasteiger partial charge in [-0.2, -0.15) is 0 Å². The van der Waals surface area contributed by atoms with E-state index in [2.05, 4.69) is 48.5 Å². The van der Waals surface area contributed by atoms with Gasteiger partial charge >= 0.3 is 11.9 Å². The van der Waals surface area contributed by atoms with E-state index in [-0.39, 0.29) is 40.2 Å². The quantitative estimate of drug-likeness (QED) is 0.147. The topological polar surface area (TPSA) is 52.6 Å². The van der Waals surface area contributed by atoms with Gasteiger partial charge in [-0.3, -0.25) is 9.59 Å². The van der Waals surface area contributed by atoms with Crippen LogP contribution >= 0.6 is 0 Å². The number of esters is 2. The molecule has 8 fully saturated rings. The van der Waals surface area contributed by atoms with Crippen molar-refractivity contribution in [2.45, 2.75) is 131 Å². The lowest BCUT2D eigenvalue weighted by molar-refractivity contribution is -0.199. The number of hydrogen-bond donors (Lipinski definition) is 0. The van der Waals surface area contributed by atoms with Crippen molar-refractivity contribution in [3.8, 4) is 0 Å². The molecule has 10 unspecified atom stereocenters. The molecule has 0 N–H and O–H groups in total. The van der Waals surface area contributed by atoms with Gasteiger partial charge in [-0.05, 0) is 134 Å². The third kappa shape index (κ3) is 4.32. The summed E-state index contributed by atoms with van der Waals surface area (Å²) in [5, 5.41) is 0. The summed E-state index contributed by atoms with van der Waals surface area (Å²) in [5.41, 5.74) is 0.329. The first-order valence-electron chi connectivity index (χ1n) is 18.3. The molecule has 8 saturated carbocycles. The molecule has 10 atom stereocenters. The molecule has 0 heterocycles. The molecular formula is C38H60O4. The molecule has 0 aromatic rings. The molecule has 0 aliphatic heterocycles. The summed E-state index contributed by atoms with van der Waals surface area (Å²) in [5.74, 6) is 6.01. The summed E-state index contributed by atoms with van der Waals surface area (Å²) in [4.78, 5) is 28.5. The first kappa shape index (κ1) is 29.6. The Morgan fingerprint density at radius 3 is 1.57 bits per heavy atom. The van der Waals surface area contributed by atoms with Crippen molar-refractivity contribution in [1.82, 2.24) is 0 Å². The highest BCUT2D eigenvalue weighted by molar-refractivity contribution is 5.84. The Morgan fingerprint density at radius 2 is 1.12 bits per heavy atom. The Bertz CT molecular complexity index is 1040. The highest BCUT2D eigenvalue weighted by Crippen LogP contribution is 2.77. The normalized spacial score (nSPS) is 48.1. The van der Waals surface area contributed by atoms with E-state index in [1.807, 2.05) is 0 Å². The monoisotopic (exact) mass is 580 g/mol. The number of carbonyl (C=O) groups excluding carboxylic acids is 2. The van der Waals surface area contributed by atoms with Crippen molar-refractivity contribution in [1.29, 1.82) is 0 Å². The fourth-order valence-corrected chi connectivity index (χ4v) is 13.7. The first-order valence-corrected chi connectivity index (χ1v) is 18.3. The number of ether oxygens (including phenoxy) is 2. The molecule has 42 heavy (non-hydrogen) atoms. The van der Waals surface area contributed by atoms with Gasteiger partial charge in [0.1, 0.15) is 5.60 Å². The SMILES string of the molecule is CCCCOC(=O)C1C2CC(C1C(=O)OC13CC4CC(CC(C4)C1)C3)C1C3CC(C21)C(C(C)(C)CC)C3C(C)(C)CC. The smallest absolute Gasteiger partial charge is 0.310 e. The minimum atomic E-state index is -0.295. The lowest BCUT2D eigenvalue weighted by Gasteiger charge is -2.57. The van der Waals surface area contributed by atoms with E-state index in [9.17, 15) is 9.59 Å². The third-order valence-corrected chi connectivity index (χ3v) is 15.3. The van der Waals surface area contributed by atoms with Crippen molar-refractivity contribution >= 4 is 11.9 Å². The minimum Gasteiger partial charge on any atom is -0.465 e. The second-order valence-electron chi connectivity index (χ2n) is 18.1. The fraction of sp³-hybridized carbons (Fsp3) is 0.947. The lowest BCUT2D eigenvalue weighted by Crippen LogP contribution is -2.56. The van der Waals surface area contributed by atoms with Gasteiger partial charge < -0.3 is 9.47 Å². The van der Waals surface area contributed by atoms with Gasteiger partial charge in [0, 0.05) is 0 Å². The molecule has 4 nitrogen and oxygen atoms in total. The van der Waals surface area contributed by atoms with Gasteiger partial charge in [-0.25, -0.2) is 0 Å². The van der Waals surface area contributed by atoms with Crippen LogP contribution in [0.4, 0.5) is 0 Å². The fourth-order valence-electron chi connectivity index (χ4n) is 13.7. The molecular weight excluding hydrogens is 520 g/mol. The maximum Gasteiger partial charge on any atom is 0.310 e. The minimum absolute atomic E-state index is 0.0140. The van der Waals surface area contributed by atoms with Crippen LogP contribution in [0, 0.1) is 87.8 Å². The van der Waals surface area contributed by atoms with E-state index in [1.165, 1.54) is 38.5 Å². The number of carbonyl (C=O) groups is 2. The van der Waals surface area contributed by atoms with Gasteiger partial charge in [0.2, 0.25) is 0 Å². The van der Waals surface area contributed by atoms with E-state index < -0.39 is 0 Å². The zero-order valence-electron chi connectivity index (χ0n) is 27.8. The summed E-state index contributed by atoms with van der Waals surface area (Å²) >= 11 is 0. The molecule has 8 aliphatic rings. The van der Waals surface area contributed by atoms with Crippen molar-refractivity contribution in [2.24, 2.45) is 87.8 Å². The van der Waals surface area contributed by atoms with Crippen molar-refractivity contribution in [3.63, 3.8) is 0 Å². The standard InChI is InChI=1S/C38H60O4/c1-8-11-12-41-34(39)30-24-16-25(31(30)35(40)42-38-18-21-13-22(19-38)15-23(14-21)20-38)29-27-17-26(28(24)29)32(36(4,5)9-2)33(27)37(6,7)10-3/h21-33H,8-20H2,1-7H3. The summed E-state index contributed by atoms with van der Waals surface area (Å²) in [6, 6.07) is 0. The summed E-state index contributed by atoms with van der Waals surface area (Å²) in [6.45, 7) is 17.5. The first-order chi connectivity index (χ1) is 19.9. The highest BCUT2D eigenvalue weighted by atomic mass is 16.6. The van der Waals surface area contributed by atoms with Crippen LogP contribution in [0.25, 0.3) is 0 Å².